The zero-order valence-corrected chi connectivity index (χ0v) is 12.7. The molecule has 1 amide bonds. The summed E-state index contributed by atoms with van der Waals surface area (Å²) in [6.45, 7) is 0. The quantitative estimate of drug-likeness (QED) is 0.726. The van der Waals surface area contributed by atoms with E-state index in [0.717, 1.165) is 10.9 Å². The van der Waals surface area contributed by atoms with E-state index in [-0.39, 0.29) is 12.3 Å². The van der Waals surface area contributed by atoms with Crippen molar-refractivity contribution >= 4 is 28.2 Å². The van der Waals surface area contributed by atoms with Crippen molar-refractivity contribution in [2.75, 3.05) is 18.2 Å². The van der Waals surface area contributed by atoms with Crippen molar-refractivity contribution in [1.29, 1.82) is 0 Å². The molecule has 0 saturated carbocycles. The van der Waals surface area contributed by atoms with Crippen LogP contribution in [0.1, 0.15) is 5.69 Å². The van der Waals surface area contributed by atoms with Gasteiger partial charge in [-0.05, 0) is 36.4 Å². The summed E-state index contributed by atoms with van der Waals surface area (Å²) in [7, 11) is 1.59. The number of benzene rings is 2. The van der Waals surface area contributed by atoms with E-state index in [0.29, 0.717) is 22.8 Å². The van der Waals surface area contributed by atoms with Crippen molar-refractivity contribution < 1.29 is 9.53 Å². The molecule has 0 aliphatic rings. The third kappa shape index (κ3) is 3.58. The van der Waals surface area contributed by atoms with Gasteiger partial charge in [-0.15, -0.1) is 0 Å². The van der Waals surface area contributed by atoms with Crippen molar-refractivity contribution in [1.82, 2.24) is 4.98 Å². The number of rotatable bonds is 4. The van der Waals surface area contributed by atoms with Gasteiger partial charge in [0.1, 0.15) is 5.75 Å². The Hall–Kier alpha value is -3.08. The molecule has 0 atom stereocenters. The number of aromatic nitrogens is 1. The average molecular weight is 307 g/mol. The molecule has 0 aliphatic carbocycles. The van der Waals surface area contributed by atoms with Crippen LogP contribution in [0.25, 0.3) is 10.9 Å². The van der Waals surface area contributed by atoms with Gasteiger partial charge in [0.25, 0.3) is 0 Å². The minimum Gasteiger partial charge on any atom is -0.497 e. The normalized spacial score (nSPS) is 10.5. The van der Waals surface area contributed by atoms with E-state index in [2.05, 4.69) is 10.3 Å². The fourth-order valence-corrected chi connectivity index (χ4v) is 2.36. The molecule has 1 aromatic heterocycles. The molecule has 5 nitrogen and oxygen atoms in total. The van der Waals surface area contributed by atoms with Gasteiger partial charge in [0.2, 0.25) is 5.91 Å². The first-order chi connectivity index (χ1) is 11.1. The predicted octanol–water partition coefficient (Wildman–Crippen LogP) is 3.01. The first-order valence-electron chi connectivity index (χ1n) is 7.23. The molecular formula is C18H17N3O2. The molecule has 3 aromatic rings. The van der Waals surface area contributed by atoms with Crippen LogP contribution in [0.3, 0.4) is 0 Å². The third-order valence-electron chi connectivity index (χ3n) is 3.47. The molecule has 0 unspecified atom stereocenters. The molecule has 0 saturated heterocycles. The summed E-state index contributed by atoms with van der Waals surface area (Å²) in [4.78, 5) is 16.7. The summed E-state index contributed by atoms with van der Waals surface area (Å²) in [5.41, 5.74) is 8.68. The minimum absolute atomic E-state index is 0.124. The van der Waals surface area contributed by atoms with Crippen LogP contribution in [0, 0.1) is 0 Å². The molecule has 0 radical (unpaired) electrons. The number of pyridine rings is 1. The second-order valence-corrected chi connectivity index (χ2v) is 5.21. The Kier molecular flexibility index (Phi) is 4.10. The highest BCUT2D eigenvalue weighted by atomic mass is 16.5. The topological polar surface area (TPSA) is 77.2 Å². The first kappa shape index (κ1) is 14.8. The summed E-state index contributed by atoms with van der Waals surface area (Å²) in [6, 6.07) is 16.5. The van der Waals surface area contributed by atoms with Gasteiger partial charge in [-0.2, -0.15) is 0 Å². The number of fused-ring (bicyclic) bond motifs is 1. The monoisotopic (exact) mass is 307 g/mol. The fraction of sp³-hybridized carbons (Fsp3) is 0.111. The lowest BCUT2D eigenvalue weighted by molar-refractivity contribution is -0.115. The van der Waals surface area contributed by atoms with Gasteiger partial charge in [-0.25, -0.2) is 0 Å². The number of nitrogens with one attached hydrogen (secondary N) is 1. The summed E-state index contributed by atoms with van der Waals surface area (Å²) >= 11 is 0. The lowest BCUT2D eigenvalue weighted by Gasteiger charge is -2.07. The SMILES string of the molecule is COc1cccc(NC(=O)Cc2ccc3cc(N)ccc3n2)c1. The molecule has 0 spiro atoms. The van der Waals surface area contributed by atoms with Crippen LogP contribution >= 0.6 is 0 Å². The fourth-order valence-electron chi connectivity index (χ4n) is 2.36. The van der Waals surface area contributed by atoms with Crippen molar-refractivity contribution in [2.24, 2.45) is 0 Å². The molecule has 3 rings (SSSR count). The van der Waals surface area contributed by atoms with Crippen molar-refractivity contribution in [2.45, 2.75) is 6.42 Å². The molecule has 2 aromatic carbocycles. The second kappa shape index (κ2) is 6.36. The van der Waals surface area contributed by atoms with Crippen LogP contribution in [-0.2, 0) is 11.2 Å². The molecule has 0 fully saturated rings. The number of hydrogen-bond donors (Lipinski definition) is 2. The number of amides is 1. The summed E-state index contributed by atoms with van der Waals surface area (Å²) in [5.74, 6) is 0.574. The van der Waals surface area contributed by atoms with E-state index >= 15 is 0 Å². The number of nitrogen functional groups attached to an aromatic ring is 1. The number of carbonyl (C=O) groups excluding carboxylic acids is 1. The Labute approximate surface area is 134 Å². The highest BCUT2D eigenvalue weighted by molar-refractivity contribution is 5.92. The van der Waals surface area contributed by atoms with E-state index in [1.807, 2.05) is 42.5 Å². The zero-order valence-electron chi connectivity index (χ0n) is 12.7. The Balaban J connectivity index is 1.73. The van der Waals surface area contributed by atoms with Crippen molar-refractivity contribution in [3.05, 3.63) is 60.3 Å². The average Bonchev–Trinajstić information content (AvgIpc) is 2.55. The molecule has 3 N–H and O–H groups in total. The van der Waals surface area contributed by atoms with Crippen LogP contribution in [0.4, 0.5) is 11.4 Å². The molecule has 1 heterocycles. The van der Waals surface area contributed by atoms with E-state index in [1.165, 1.54) is 0 Å². The van der Waals surface area contributed by atoms with Crippen LogP contribution in [0.5, 0.6) is 5.75 Å². The highest BCUT2D eigenvalue weighted by Gasteiger charge is 2.07. The van der Waals surface area contributed by atoms with Gasteiger partial charge in [0, 0.05) is 22.8 Å². The summed E-state index contributed by atoms with van der Waals surface area (Å²) in [5, 5.41) is 3.80. The molecule has 0 bridgehead atoms. The third-order valence-corrected chi connectivity index (χ3v) is 3.47. The van der Waals surface area contributed by atoms with Gasteiger partial charge in [-0.3, -0.25) is 9.78 Å². The molecule has 23 heavy (non-hydrogen) atoms. The Morgan fingerprint density at radius 1 is 1.17 bits per heavy atom. The number of nitrogens with two attached hydrogens (primary N) is 1. The second-order valence-electron chi connectivity index (χ2n) is 5.21. The van der Waals surface area contributed by atoms with Crippen LogP contribution < -0.4 is 15.8 Å². The molecule has 116 valence electrons. The number of ether oxygens (including phenoxy) is 1. The van der Waals surface area contributed by atoms with E-state index in [4.69, 9.17) is 10.5 Å². The Bertz CT molecular complexity index is 862. The maximum atomic E-state index is 12.2. The van der Waals surface area contributed by atoms with E-state index in [1.54, 1.807) is 19.2 Å². The maximum absolute atomic E-state index is 12.2. The highest BCUT2D eigenvalue weighted by Crippen LogP contribution is 2.18. The summed E-state index contributed by atoms with van der Waals surface area (Å²) < 4.78 is 5.14. The van der Waals surface area contributed by atoms with Crippen LogP contribution in [0.2, 0.25) is 0 Å². The number of hydrogen-bond acceptors (Lipinski definition) is 4. The molecule has 5 heteroatoms. The van der Waals surface area contributed by atoms with Crippen molar-refractivity contribution in [3.8, 4) is 5.75 Å². The van der Waals surface area contributed by atoms with Gasteiger partial charge < -0.3 is 15.8 Å². The Morgan fingerprint density at radius 2 is 2.04 bits per heavy atom. The molecular weight excluding hydrogens is 290 g/mol. The number of anilines is 2. The van der Waals surface area contributed by atoms with E-state index in [9.17, 15) is 4.79 Å². The largest absolute Gasteiger partial charge is 0.497 e. The first-order valence-corrected chi connectivity index (χ1v) is 7.23. The lowest BCUT2D eigenvalue weighted by atomic mass is 10.1. The van der Waals surface area contributed by atoms with Gasteiger partial charge >= 0.3 is 0 Å². The predicted molar refractivity (Wildman–Crippen MR) is 91.5 cm³/mol. The number of methoxy groups -OCH3 is 1. The van der Waals surface area contributed by atoms with Crippen LogP contribution in [-0.4, -0.2) is 18.0 Å². The zero-order chi connectivity index (χ0) is 16.2. The van der Waals surface area contributed by atoms with Gasteiger partial charge in [0.15, 0.2) is 0 Å². The number of nitrogens with zero attached hydrogens (tertiary/aromatic N) is 1. The standard InChI is InChI=1S/C18H17N3O2/c1-23-16-4-2-3-14(10-16)21-18(22)11-15-7-5-12-9-13(19)6-8-17(12)20-15/h2-10H,11,19H2,1H3,(H,21,22). The lowest BCUT2D eigenvalue weighted by Crippen LogP contribution is -2.15. The van der Waals surface area contributed by atoms with Gasteiger partial charge in [-0.1, -0.05) is 12.1 Å². The number of carbonyl (C=O) groups is 1. The Morgan fingerprint density at radius 3 is 2.87 bits per heavy atom. The minimum atomic E-state index is -0.124. The maximum Gasteiger partial charge on any atom is 0.230 e. The molecule has 0 aliphatic heterocycles. The van der Waals surface area contributed by atoms with Crippen molar-refractivity contribution in [3.63, 3.8) is 0 Å². The van der Waals surface area contributed by atoms with E-state index < -0.39 is 0 Å². The van der Waals surface area contributed by atoms with Gasteiger partial charge in [0.05, 0.1) is 24.7 Å². The smallest absolute Gasteiger partial charge is 0.230 e. The summed E-state index contributed by atoms with van der Waals surface area (Å²) in [6.07, 6.45) is 0.206. The van der Waals surface area contributed by atoms with Crippen LogP contribution in [0.15, 0.2) is 54.6 Å².